The van der Waals surface area contributed by atoms with E-state index in [0.717, 1.165) is 17.3 Å². The van der Waals surface area contributed by atoms with Crippen LogP contribution in [0, 0.1) is 23.2 Å². The highest BCUT2D eigenvalue weighted by Gasteiger charge is 2.53. The number of Topliss-reactive ketones (excluding diaryl/α,β-unsaturated/α-hetero) is 1. The largest absolute Gasteiger partial charge is 0.299 e. The molecule has 0 heterocycles. The minimum absolute atomic E-state index is 0.423. The van der Waals surface area contributed by atoms with E-state index in [2.05, 4.69) is 36.4 Å². The van der Waals surface area contributed by atoms with Gasteiger partial charge >= 0.3 is 0 Å². The number of hydrogen-bond donors (Lipinski definition) is 0. The molecule has 1 nitrogen and oxygen atoms in total. The Bertz CT molecular complexity index is 234. The molecular weight excluding hydrogens is 275 g/mol. The fraction of sp³-hybridized carbons (Fsp3) is 0.909. The summed E-state index contributed by atoms with van der Waals surface area (Å²) < 4.78 is 1.16. The lowest BCUT2D eigenvalue weighted by Gasteiger charge is -2.25. The van der Waals surface area contributed by atoms with E-state index in [1.165, 1.54) is 6.42 Å². The van der Waals surface area contributed by atoms with Crippen LogP contribution in [0.5, 0.6) is 0 Å². The average Bonchev–Trinajstić information content (AvgIpc) is 2.54. The molecule has 0 aliphatic heterocycles. The van der Waals surface area contributed by atoms with E-state index in [4.69, 9.17) is 0 Å². The van der Waals surface area contributed by atoms with Crippen LogP contribution < -0.4 is 0 Å². The normalized spacial score (nSPS) is 42.4. The molecule has 0 N–H and O–H groups in total. The Kier molecular flexibility index (Phi) is 2.45. The number of carbonyl (C=O) groups is 1. The molecule has 2 rings (SSSR count). The Balaban J connectivity index is 2.26. The highest BCUT2D eigenvalue weighted by atomic mass is 127. The predicted molar refractivity (Wildman–Crippen MR) is 62.0 cm³/mol. The number of carbonyl (C=O) groups excluding carboxylic acids is 1. The Hall–Kier alpha value is 0.400. The SMILES string of the molecule is CC1(C)C[C@H](CI)[C@@H]2C(=O)CC[C@@H]21. The van der Waals surface area contributed by atoms with Gasteiger partial charge in [0.15, 0.2) is 0 Å². The third-order valence-electron chi connectivity index (χ3n) is 4.01. The summed E-state index contributed by atoms with van der Waals surface area (Å²) in [6.45, 7) is 4.69. The summed E-state index contributed by atoms with van der Waals surface area (Å²) in [7, 11) is 0. The van der Waals surface area contributed by atoms with Gasteiger partial charge in [0.25, 0.3) is 0 Å². The van der Waals surface area contributed by atoms with Crippen LogP contribution in [0.2, 0.25) is 0 Å². The topological polar surface area (TPSA) is 17.1 Å². The first-order chi connectivity index (χ1) is 6.06. The van der Waals surface area contributed by atoms with Gasteiger partial charge in [-0.3, -0.25) is 4.79 Å². The Labute approximate surface area is 93.8 Å². The lowest BCUT2D eigenvalue weighted by atomic mass is 9.80. The van der Waals surface area contributed by atoms with E-state index in [0.29, 0.717) is 29.0 Å². The molecule has 2 heteroatoms. The van der Waals surface area contributed by atoms with E-state index in [1.807, 2.05) is 0 Å². The summed E-state index contributed by atoms with van der Waals surface area (Å²) in [5.41, 5.74) is 0.423. The molecule has 2 aliphatic carbocycles. The van der Waals surface area contributed by atoms with Gasteiger partial charge in [0.05, 0.1) is 0 Å². The molecule has 0 bridgehead atoms. The molecule has 0 aromatic heterocycles. The molecule has 0 amide bonds. The fourth-order valence-corrected chi connectivity index (χ4v) is 4.30. The summed E-state index contributed by atoms with van der Waals surface area (Å²) >= 11 is 2.44. The van der Waals surface area contributed by atoms with Gasteiger partial charge < -0.3 is 0 Å². The van der Waals surface area contributed by atoms with Crippen molar-refractivity contribution >= 4 is 28.4 Å². The van der Waals surface area contributed by atoms with Crippen LogP contribution in [0.4, 0.5) is 0 Å². The van der Waals surface area contributed by atoms with Crippen molar-refractivity contribution in [1.82, 2.24) is 0 Å². The van der Waals surface area contributed by atoms with Crippen molar-refractivity contribution < 1.29 is 4.79 Å². The molecule has 3 atom stereocenters. The number of fused-ring (bicyclic) bond motifs is 1. The molecule has 74 valence electrons. The van der Waals surface area contributed by atoms with E-state index >= 15 is 0 Å². The molecule has 0 aromatic rings. The lowest BCUT2D eigenvalue weighted by Crippen LogP contribution is -2.21. The van der Waals surface area contributed by atoms with Crippen LogP contribution in [-0.2, 0) is 4.79 Å². The molecule has 0 radical (unpaired) electrons. The summed E-state index contributed by atoms with van der Waals surface area (Å²) in [6.07, 6.45) is 3.27. The number of ketones is 1. The Morgan fingerprint density at radius 3 is 2.85 bits per heavy atom. The van der Waals surface area contributed by atoms with Gasteiger partial charge in [-0.05, 0) is 30.1 Å². The van der Waals surface area contributed by atoms with Crippen molar-refractivity contribution in [3.8, 4) is 0 Å². The molecular formula is C11H17IO. The molecule has 2 aliphatic rings. The van der Waals surface area contributed by atoms with Crippen LogP contribution in [0.1, 0.15) is 33.1 Å². The highest BCUT2D eigenvalue weighted by Crippen LogP contribution is 2.56. The molecule has 2 fully saturated rings. The zero-order chi connectivity index (χ0) is 9.64. The third-order valence-corrected chi connectivity index (χ3v) is 5.14. The smallest absolute Gasteiger partial charge is 0.136 e. The molecule has 2 saturated carbocycles. The van der Waals surface area contributed by atoms with Crippen molar-refractivity contribution in [1.29, 1.82) is 0 Å². The number of hydrogen-bond acceptors (Lipinski definition) is 1. The minimum Gasteiger partial charge on any atom is -0.299 e. The van der Waals surface area contributed by atoms with Gasteiger partial charge in [-0.2, -0.15) is 0 Å². The maximum absolute atomic E-state index is 11.7. The second kappa shape index (κ2) is 3.21. The van der Waals surface area contributed by atoms with E-state index in [9.17, 15) is 4.79 Å². The highest BCUT2D eigenvalue weighted by molar-refractivity contribution is 14.1. The van der Waals surface area contributed by atoms with Gasteiger partial charge in [0.2, 0.25) is 0 Å². The fourth-order valence-electron chi connectivity index (χ4n) is 3.44. The van der Waals surface area contributed by atoms with Crippen molar-refractivity contribution in [3.05, 3.63) is 0 Å². The van der Waals surface area contributed by atoms with Crippen LogP contribution in [0.3, 0.4) is 0 Å². The summed E-state index contributed by atoms with van der Waals surface area (Å²) in [5, 5.41) is 0. The maximum atomic E-state index is 11.7. The molecule has 0 aromatic carbocycles. The van der Waals surface area contributed by atoms with E-state index in [1.54, 1.807) is 0 Å². The van der Waals surface area contributed by atoms with E-state index in [-0.39, 0.29) is 0 Å². The zero-order valence-corrected chi connectivity index (χ0v) is 10.5. The first kappa shape index (κ1) is 9.94. The van der Waals surface area contributed by atoms with Crippen molar-refractivity contribution in [2.75, 3.05) is 4.43 Å². The number of rotatable bonds is 1. The van der Waals surface area contributed by atoms with Gasteiger partial charge in [-0.15, -0.1) is 0 Å². The predicted octanol–water partition coefficient (Wildman–Crippen LogP) is 3.06. The van der Waals surface area contributed by atoms with Crippen LogP contribution in [0.25, 0.3) is 0 Å². The van der Waals surface area contributed by atoms with Gasteiger partial charge in [0, 0.05) is 16.8 Å². The van der Waals surface area contributed by atoms with Gasteiger partial charge in [-0.1, -0.05) is 36.4 Å². The second-order valence-electron chi connectivity index (χ2n) is 5.24. The summed E-state index contributed by atoms with van der Waals surface area (Å²) in [6, 6.07) is 0. The minimum atomic E-state index is 0.423. The van der Waals surface area contributed by atoms with Crippen molar-refractivity contribution in [2.45, 2.75) is 33.1 Å². The van der Waals surface area contributed by atoms with Crippen molar-refractivity contribution in [2.24, 2.45) is 23.2 Å². The standard InChI is InChI=1S/C11H17IO/c1-11(2)5-7(6-12)10-8(11)3-4-9(10)13/h7-8,10H,3-6H2,1-2H3/t7-,8+,10+/m1/s1. The molecule has 0 spiro atoms. The third kappa shape index (κ3) is 1.45. The first-order valence-corrected chi connectivity index (χ1v) is 6.67. The van der Waals surface area contributed by atoms with Gasteiger partial charge in [-0.25, -0.2) is 0 Å². The van der Waals surface area contributed by atoms with Crippen LogP contribution in [0.15, 0.2) is 0 Å². The maximum Gasteiger partial charge on any atom is 0.136 e. The molecule has 0 unspecified atom stereocenters. The van der Waals surface area contributed by atoms with Crippen molar-refractivity contribution in [3.63, 3.8) is 0 Å². The van der Waals surface area contributed by atoms with Crippen LogP contribution >= 0.6 is 22.6 Å². The number of alkyl halides is 1. The lowest BCUT2D eigenvalue weighted by molar-refractivity contribution is -0.121. The van der Waals surface area contributed by atoms with E-state index < -0.39 is 0 Å². The van der Waals surface area contributed by atoms with Crippen LogP contribution in [-0.4, -0.2) is 10.2 Å². The quantitative estimate of drug-likeness (QED) is 0.536. The molecule has 13 heavy (non-hydrogen) atoms. The van der Waals surface area contributed by atoms with Gasteiger partial charge in [0.1, 0.15) is 5.78 Å². The molecule has 0 saturated heterocycles. The number of halogens is 1. The first-order valence-electron chi connectivity index (χ1n) is 5.15. The Morgan fingerprint density at radius 2 is 2.23 bits per heavy atom. The Morgan fingerprint density at radius 1 is 1.54 bits per heavy atom. The summed E-state index contributed by atoms with van der Waals surface area (Å²) in [4.78, 5) is 11.7. The summed E-state index contributed by atoms with van der Waals surface area (Å²) in [5.74, 6) is 2.35. The second-order valence-corrected chi connectivity index (χ2v) is 6.13. The zero-order valence-electron chi connectivity index (χ0n) is 8.35. The monoisotopic (exact) mass is 292 g/mol. The average molecular weight is 292 g/mol.